The molecule has 0 bridgehead atoms. The molecule has 1 heterocycles. The molecule has 0 aromatic heterocycles. The van der Waals surface area contributed by atoms with Crippen LogP contribution in [-0.2, 0) is 9.59 Å². The molecule has 1 aliphatic rings. The summed E-state index contributed by atoms with van der Waals surface area (Å²) < 4.78 is 10.5. The number of para-hydroxylation sites is 1. The highest BCUT2D eigenvalue weighted by atomic mass is 16.5. The van der Waals surface area contributed by atoms with Crippen molar-refractivity contribution in [3.63, 3.8) is 0 Å². The van der Waals surface area contributed by atoms with Crippen LogP contribution in [-0.4, -0.2) is 50.0 Å². The summed E-state index contributed by atoms with van der Waals surface area (Å²) in [6.07, 6.45) is 0.00582. The van der Waals surface area contributed by atoms with Gasteiger partial charge in [0.2, 0.25) is 0 Å². The van der Waals surface area contributed by atoms with Gasteiger partial charge in [-0.05, 0) is 24.3 Å². The smallest absolute Gasteiger partial charge is 0.328 e. The van der Waals surface area contributed by atoms with E-state index in [1.807, 2.05) is 6.07 Å². The second kappa shape index (κ2) is 7.99. The van der Waals surface area contributed by atoms with Crippen LogP contribution in [0, 0.1) is 0 Å². The van der Waals surface area contributed by atoms with Crippen molar-refractivity contribution in [2.75, 3.05) is 31.2 Å². The fourth-order valence-electron chi connectivity index (χ4n) is 3.02. The van der Waals surface area contributed by atoms with Crippen molar-refractivity contribution in [1.82, 2.24) is 0 Å². The lowest BCUT2D eigenvalue weighted by atomic mass is 10.1. The minimum atomic E-state index is -1.04. The first-order chi connectivity index (χ1) is 13.5. The van der Waals surface area contributed by atoms with Gasteiger partial charge >= 0.3 is 5.97 Å². The van der Waals surface area contributed by atoms with Gasteiger partial charge in [-0.1, -0.05) is 18.2 Å². The Bertz CT molecular complexity index is 913. The van der Waals surface area contributed by atoms with Gasteiger partial charge in [0.05, 0.1) is 25.6 Å². The maximum atomic E-state index is 13.0. The van der Waals surface area contributed by atoms with Crippen molar-refractivity contribution < 1.29 is 24.2 Å². The molecule has 1 aliphatic heterocycles. The predicted octanol–water partition coefficient (Wildman–Crippen LogP) is 2.39. The highest BCUT2D eigenvalue weighted by Crippen LogP contribution is 2.33. The van der Waals surface area contributed by atoms with E-state index < -0.39 is 17.9 Å². The number of hydrazone groups is 1. The molecule has 1 atom stereocenters. The average molecular weight is 383 g/mol. The van der Waals surface area contributed by atoms with Crippen LogP contribution in [0.4, 0.5) is 11.4 Å². The van der Waals surface area contributed by atoms with Gasteiger partial charge in [-0.3, -0.25) is 9.80 Å². The molecule has 146 valence electrons. The Balaban J connectivity index is 1.90. The molecule has 0 spiro atoms. The average Bonchev–Trinajstić information content (AvgIpc) is 3.18. The number of amides is 1. The maximum Gasteiger partial charge on any atom is 0.328 e. The second-order valence-corrected chi connectivity index (χ2v) is 6.19. The molecule has 0 saturated carbocycles. The van der Waals surface area contributed by atoms with Crippen molar-refractivity contribution in [2.45, 2.75) is 12.5 Å². The molecule has 8 heteroatoms. The normalized spacial score (nSPS) is 15.8. The zero-order chi connectivity index (χ0) is 20.3. The molecule has 0 aliphatic carbocycles. The number of carbonyl (C=O) groups excluding carboxylic acids is 1. The number of aliphatic carboxylic acids is 1. The van der Waals surface area contributed by atoms with Gasteiger partial charge < -0.3 is 19.5 Å². The number of benzene rings is 2. The van der Waals surface area contributed by atoms with E-state index in [9.17, 15) is 14.7 Å². The van der Waals surface area contributed by atoms with E-state index in [1.165, 1.54) is 17.0 Å². The molecular weight excluding hydrogens is 362 g/mol. The largest absolute Gasteiger partial charge is 0.497 e. The molecular formula is C20H21N3O5. The van der Waals surface area contributed by atoms with Gasteiger partial charge in [0.1, 0.15) is 17.2 Å². The van der Waals surface area contributed by atoms with Crippen molar-refractivity contribution in [3.8, 4) is 11.5 Å². The van der Waals surface area contributed by atoms with Crippen LogP contribution in [0.2, 0.25) is 0 Å². The SMILES string of the molecule is COc1ccc(N(C)C(=O)C2=NN(c3ccccc3)C(C(=O)O)C2)c(OC)c1. The highest BCUT2D eigenvalue weighted by Gasteiger charge is 2.37. The van der Waals surface area contributed by atoms with E-state index in [4.69, 9.17) is 9.47 Å². The Hall–Kier alpha value is -3.55. The molecule has 2 aromatic carbocycles. The van der Waals surface area contributed by atoms with Gasteiger partial charge in [0.15, 0.2) is 6.04 Å². The molecule has 28 heavy (non-hydrogen) atoms. The van der Waals surface area contributed by atoms with Crippen LogP contribution >= 0.6 is 0 Å². The number of rotatable bonds is 6. The zero-order valence-electron chi connectivity index (χ0n) is 15.8. The van der Waals surface area contributed by atoms with Crippen molar-refractivity contribution in [2.24, 2.45) is 5.10 Å². The molecule has 0 saturated heterocycles. The van der Waals surface area contributed by atoms with Crippen LogP contribution in [0.1, 0.15) is 6.42 Å². The fourth-order valence-corrected chi connectivity index (χ4v) is 3.02. The molecule has 1 amide bonds. The van der Waals surface area contributed by atoms with Crippen LogP contribution < -0.4 is 19.4 Å². The molecule has 2 aromatic rings. The fraction of sp³-hybridized carbons (Fsp3) is 0.250. The number of hydrogen-bond donors (Lipinski definition) is 1. The monoisotopic (exact) mass is 383 g/mol. The minimum Gasteiger partial charge on any atom is -0.497 e. The summed E-state index contributed by atoms with van der Waals surface area (Å²) in [5.74, 6) is -0.377. The summed E-state index contributed by atoms with van der Waals surface area (Å²) in [6, 6.07) is 13.1. The molecule has 3 rings (SSSR count). The first-order valence-corrected chi connectivity index (χ1v) is 8.61. The van der Waals surface area contributed by atoms with Crippen LogP contribution in [0.5, 0.6) is 11.5 Å². The number of nitrogens with zero attached hydrogens (tertiary/aromatic N) is 3. The summed E-state index contributed by atoms with van der Waals surface area (Å²) >= 11 is 0. The standard InChI is InChI=1S/C20H21N3O5/c1-22(16-10-9-14(27-2)11-18(16)28-3)19(24)15-12-17(20(25)26)23(21-15)13-7-5-4-6-8-13/h4-11,17H,12H2,1-3H3,(H,25,26). The zero-order valence-corrected chi connectivity index (χ0v) is 15.8. The first-order valence-electron chi connectivity index (χ1n) is 8.61. The number of carboxylic acid groups (broad SMARTS) is 1. The van der Waals surface area contributed by atoms with E-state index in [-0.39, 0.29) is 12.1 Å². The third-order valence-electron chi connectivity index (χ3n) is 4.52. The molecule has 8 nitrogen and oxygen atoms in total. The van der Waals surface area contributed by atoms with Crippen molar-refractivity contribution >= 4 is 29.0 Å². The number of hydrogen-bond acceptors (Lipinski definition) is 6. The lowest BCUT2D eigenvalue weighted by Gasteiger charge is -2.20. The minimum absolute atomic E-state index is 0.00582. The molecule has 0 radical (unpaired) electrons. The first kappa shape index (κ1) is 19.2. The van der Waals surface area contributed by atoms with E-state index >= 15 is 0 Å². The summed E-state index contributed by atoms with van der Waals surface area (Å²) in [4.78, 5) is 26.1. The van der Waals surface area contributed by atoms with Crippen LogP contribution in [0.3, 0.4) is 0 Å². The predicted molar refractivity (Wildman–Crippen MR) is 105 cm³/mol. The highest BCUT2D eigenvalue weighted by molar-refractivity contribution is 6.44. The third-order valence-corrected chi connectivity index (χ3v) is 4.52. The van der Waals surface area contributed by atoms with Crippen molar-refractivity contribution in [3.05, 3.63) is 48.5 Å². The van der Waals surface area contributed by atoms with E-state index in [0.717, 1.165) is 0 Å². The van der Waals surface area contributed by atoms with E-state index in [2.05, 4.69) is 5.10 Å². The van der Waals surface area contributed by atoms with Gasteiger partial charge in [-0.15, -0.1) is 0 Å². The molecule has 0 fully saturated rings. The van der Waals surface area contributed by atoms with Crippen LogP contribution in [0.15, 0.2) is 53.6 Å². The second-order valence-electron chi connectivity index (χ2n) is 6.19. The van der Waals surface area contributed by atoms with E-state index in [0.29, 0.717) is 22.9 Å². The lowest BCUT2D eigenvalue weighted by Crippen LogP contribution is -2.36. The Morgan fingerprint density at radius 1 is 1.14 bits per heavy atom. The Morgan fingerprint density at radius 3 is 2.46 bits per heavy atom. The quantitative estimate of drug-likeness (QED) is 0.824. The summed E-state index contributed by atoms with van der Waals surface area (Å²) in [7, 11) is 4.64. The number of carboxylic acids is 1. The van der Waals surface area contributed by atoms with Crippen molar-refractivity contribution in [1.29, 1.82) is 0 Å². The number of ether oxygens (including phenoxy) is 2. The van der Waals surface area contributed by atoms with Gasteiger partial charge in [0.25, 0.3) is 5.91 Å². The van der Waals surface area contributed by atoms with Gasteiger partial charge in [0, 0.05) is 19.5 Å². The maximum absolute atomic E-state index is 13.0. The Labute approximate surface area is 162 Å². The summed E-state index contributed by atoms with van der Waals surface area (Å²) in [6.45, 7) is 0. The summed E-state index contributed by atoms with van der Waals surface area (Å²) in [5.41, 5.74) is 1.31. The lowest BCUT2D eigenvalue weighted by molar-refractivity contribution is -0.138. The number of anilines is 2. The summed E-state index contributed by atoms with van der Waals surface area (Å²) in [5, 5.41) is 15.2. The van der Waals surface area contributed by atoms with Gasteiger partial charge in [-0.25, -0.2) is 4.79 Å². The van der Waals surface area contributed by atoms with E-state index in [1.54, 1.807) is 56.6 Å². The van der Waals surface area contributed by atoms with Crippen LogP contribution in [0.25, 0.3) is 0 Å². The molecule has 1 N–H and O–H groups in total. The topological polar surface area (TPSA) is 91.7 Å². The number of methoxy groups -OCH3 is 2. The Morgan fingerprint density at radius 2 is 1.86 bits per heavy atom. The van der Waals surface area contributed by atoms with Gasteiger partial charge in [-0.2, -0.15) is 5.10 Å². The Kier molecular flexibility index (Phi) is 5.49. The molecule has 1 unspecified atom stereocenters. The number of carbonyl (C=O) groups is 2. The third kappa shape index (κ3) is 3.62.